The fraction of sp³-hybridized carbons (Fsp3) is 0.922. The molecule has 87 heavy (non-hydrogen) atoms. The van der Waals surface area contributed by atoms with Crippen LogP contribution < -0.4 is 0 Å². The van der Waals surface area contributed by atoms with E-state index in [0.717, 1.165) is 38.5 Å². The molecule has 0 rings (SSSR count). The first-order valence-corrected chi connectivity index (χ1v) is 40.1. The number of allylic oxidation sites excluding steroid dienone is 4. The molecule has 0 aromatic rings. The number of nitrogens with zero attached hydrogens (tertiary/aromatic N) is 1. The van der Waals surface area contributed by atoms with Gasteiger partial charge in [0, 0.05) is 12.8 Å². The van der Waals surface area contributed by atoms with Gasteiger partial charge in [0.1, 0.15) is 19.8 Å². The van der Waals surface area contributed by atoms with Crippen LogP contribution in [0.5, 0.6) is 0 Å². The van der Waals surface area contributed by atoms with Crippen molar-refractivity contribution in [1.29, 1.82) is 0 Å². The zero-order valence-electron chi connectivity index (χ0n) is 59.0. The zero-order valence-corrected chi connectivity index (χ0v) is 59.9. The highest BCUT2D eigenvalue weighted by Gasteiger charge is 2.27. The first-order valence-electron chi connectivity index (χ1n) is 38.6. The summed E-state index contributed by atoms with van der Waals surface area (Å²) in [6.07, 6.45) is 87.5. The van der Waals surface area contributed by atoms with Gasteiger partial charge in [0.15, 0.2) is 6.10 Å². The number of phosphoric ester groups is 1. The van der Waals surface area contributed by atoms with Crippen LogP contribution in [0.3, 0.4) is 0 Å². The number of phosphoric acid groups is 1. The van der Waals surface area contributed by atoms with E-state index < -0.39 is 26.5 Å². The predicted molar refractivity (Wildman–Crippen MR) is 377 cm³/mol. The maximum atomic E-state index is 12.9. The molecule has 1 N–H and O–H groups in total. The predicted octanol–water partition coefficient (Wildman–Crippen LogP) is 25.2. The number of hydrogen-bond donors (Lipinski definition) is 1. The van der Waals surface area contributed by atoms with Crippen LogP contribution in [0.4, 0.5) is 0 Å². The number of carbonyl (C=O) groups excluding carboxylic acids is 2. The molecule has 0 spiro atoms. The van der Waals surface area contributed by atoms with Crippen LogP contribution in [0.2, 0.25) is 0 Å². The van der Waals surface area contributed by atoms with Crippen molar-refractivity contribution in [3.63, 3.8) is 0 Å². The molecule has 0 amide bonds. The standard InChI is InChI=1S/C77H150NO8P/c1-6-8-10-12-14-16-18-20-22-24-26-28-30-32-34-35-36-37-38-39-40-41-42-44-45-47-49-51-53-55-57-59-61-63-65-67-69-76(79)83-73-75(74-85-87(81,82)84-72-71-78(3,4)5)86-77(80)70-68-66-64-62-60-58-56-54-52-50-48-46-43-33-31-29-27-25-23-21-19-17-15-13-11-9-7-2/h19,21,25,27,75H,6-18,20,22-24,26,28-74H2,1-5H3/p+1/b21-19-,27-25-. The smallest absolute Gasteiger partial charge is 0.462 e. The van der Waals surface area contributed by atoms with Crippen LogP contribution in [0.25, 0.3) is 0 Å². The molecule has 516 valence electrons. The fourth-order valence-corrected chi connectivity index (χ4v) is 12.6. The van der Waals surface area contributed by atoms with Gasteiger partial charge in [0.05, 0.1) is 27.7 Å². The van der Waals surface area contributed by atoms with E-state index in [1.807, 2.05) is 21.1 Å². The molecule has 0 aliphatic heterocycles. The summed E-state index contributed by atoms with van der Waals surface area (Å²) < 4.78 is 34.8. The lowest BCUT2D eigenvalue weighted by Crippen LogP contribution is -2.37. The van der Waals surface area contributed by atoms with Crippen LogP contribution in [-0.4, -0.2) is 74.9 Å². The molecule has 2 atom stereocenters. The largest absolute Gasteiger partial charge is 0.472 e. The van der Waals surface area contributed by atoms with Gasteiger partial charge >= 0.3 is 19.8 Å². The van der Waals surface area contributed by atoms with Gasteiger partial charge < -0.3 is 18.9 Å². The fourth-order valence-electron chi connectivity index (χ4n) is 11.8. The van der Waals surface area contributed by atoms with E-state index in [2.05, 4.69) is 38.2 Å². The molecule has 2 unspecified atom stereocenters. The number of unbranched alkanes of at least 4 members (excludes halogenated alkanes) is 55. The topological polar surface area (TPSA) is 108 Å². The number of quaternary nitrogens is 1. The van der Waals surface area contributed by atoms with Crippen molar-refractivity contribution in [2.24, 2.45) is 0 Å². The van der Waals surface area contributed by atoms with Crippen molar-refractivity contribution in [2.45, 2.75) is 412 Å². The molecule has 0 radical (unpaired) electrons. The molecule has 0 fully saturated rings. The third-order valence-corrected chi connectivity index (χ3v) is 18.7. The van der Waals surface area contributed by atoms with Gasteiger partial charge in [-0.1, -0.05) is 372 Å². The van der Waals surface area contributed by atoms with Crippen LogP contribution in [0.1, 0.15) is 406 Å². The Labute approximate surface area is 542 Å². The summed E-state index contributed by atoms with van der Waals surface area (Å²) in [4.78, 5) is 35.9. The normalized spacial score (nSPS) is 13.1. The lowest BCUT2D eigenvalue weighted by molar-refractivity contribution is -0.870. The third kappa shape index (κ3) is 73.4. The van der Waals surface area contributed by atoms with Gasteiger partial charge in [0.2, 0.25) is 0 Å². The van der Waals surface area contributed by atoms with Crippen molar-refractivity contribution >= 4 is 19.8 Å². The first-order chi connectivity index (χ1) is 42.5. The number of carbonyl (C=O) groups is 2. The lowest BCUT2D eigenvalue weighted by Gasteiger charge is -2.24. The number of ether oxygens (including phenoxy) is 2. The molecule has 0 aromatic heterocycles. The Hall–Kier alpha value is -1.51. The molecule has 0 aliphatic carbocycles. The van der Waals surface area contributed by atoms with Gasteiger partial charge in [0.25, 0.3) is 0 Å². The molecule has 0 aromatic carbocycles. The SMILES string of the molecule is CCCCCCC/C=C\C/C=C\CCCCCCCCCCCCCCCCCC(=O)OC(COC(=O)CCCCCCCCCCCCCCCCCCCCCCCCCCCCCCCCCCCCCC)COP(=O)(O)OCC[N+](C)(C)C. The molecule has 0 saturated heterocycles. The van der Waals surface area contributed by atoms with Crippen molar-refractivity contribution in [3.8, 4) is 0 Å². The quantitative estimate of drug-likeness (QED) is 0.0211. The average Bonchev–Trinajstić information content (AvgIpc) is 3.68. The molecule has 9 nitrogen and oxygen atoms in total. The van der Waals surface area contributed by atoms with Crippen molar-refractivity contribution in [1.82, 2.24) is 0 Å². The van der Waals surface area contributed by atoms with Crippen LogP contribution in [0.15, 0.2) is 24.3 Å². The van der Waals surface area contributed by atoms with E-state index in [1.54, 1.807) is 0 Å². The van der Waals surface area contributed by atoms with E-state index in [1.165, 1.54) is 334 Å². The summed E-state index contributed by atoms with van der Waals surface area (Å²) in [5.74, 6) is -0.773. The summed E-state index contributed by atoms with van der Waals surface area (Å²) in [7, 11) is 1.50. The van der Waals surface area contributed by atoms with Crippen molar-refractivity contribution in [3.05, 3.63) is 24.3 Å². The molecule has 0 heterocycles. The Bertz CT molecular complexity index is 1510. The summed E-state index contributed by atoms with van der Waals surface area (Å²) in [6, 6.07) is 0. The molecule has 0 aliphatic rings. The van der Waals surface area contributed by atoms with Crippen LogP contribution >= 0.6 is 7.82 Å². The van der Waals surface area contributed by atoms with Crippen LogP contribution in [0, 0.1) is 0 Å². The average molecular weight is 1250 g/mol. The van der Waals surface area contributed by atoms with Gasteiger partial charge in [-0.3, -0.25) is 18.6 Å². The Morgan fingerprint density at radius 1 is 0.356 bits per heavy atom. The Balaban J connectivity index is 3.91. The summed E-state index contributed by atoms with van der Waals surface area (Å²) in [5.41, 5.74) is 0. The first kappa shape index (κ1) is 85.5. The zero-order chi connectivity index (χ0) is 63.4. The molecule has 10 heteroatoms. The Morgan fingerprint density at radius 2 is 0.621 bits per heavy atom. The second kappa shape index (κ2) is 68.8. The summed E-state index contributed by atoms with van der Waals surface area (Å²) in [5, 5.41) is 0. The summed E-state index contributed by atoms with van der Waals surface area (Å²) >= 11 is 0. The second-order valence-electron chi connectivity index (χ2n) is 27.8. The van der Waals surface area contributed by atoms with E-state index in [0.29, 0.717) is 23.9 Å². The second-order valence-corrected chi connectivity index (χ2v) is 29.2. The van der Waals surface area contributed by atoms with E-state index >= 15 is 0 Å². The number of likely N-dealkylation sites (N-methyl/N-ethyl adjacent to an activating group) is 1. The highest BCUT2D eigenvalue weighted by Crippen LogP contribution is 2.43. The molecular weight excluding hydrogens is 1100 g/mol. The number of esters is 2. The van der Waals surface area contributed by atoms with Gasteiger partial charge in [-0.25, -0.2) is 4.57 Å². The third-order valence-electron chi connectivity index (χ3n) is 17.7. The van der Waals surface area contributed by atoms with E-state index in [4.69, 9.17) is 18.5 Å². The maximum absolute atomic E-state index is 12.9. The van der Waals surface area contributed by atoms with Gasteiger partial charge in [-0.15, -0.1) is 0 Å². The Morgan fingerprint density at radius 3 is 0.908 bits per heavy atom. The molecule has 0 bridgehead atoms. The van der Waals surface area contributed by atoms with Crippen LogP contribution in [-0.2, 0) is 32.7 Å². The summed E-state index contributed by atoms with van der Waals surface area (Å²) in [6.45, 7) is 4.51. The van der Waals surface area contributed by atoms with E-state index in [-0.39, 0.29) is 25.6 Å². The minimum Gasteiger partial charge on any atom is -0.462 e. The lowest BCUT2D eigenvalue weighted by atomic mass is 10.0. The van der Waals surface area contributed by atoms with E-state index in [9.17, 15) is 19.0 Å². The minimum atomic E-state index is -4.39. The minimum absolute atomic E-state index is 0.0352. The number of hydrogen-bond acceptors (Lipinski definition) is 7. The van der Waals surface area contributed by atoms with Gasteiger partial charge in [-0.2, -0.15) is 0 Å². The van der Waals surface area contributed by atoms with Gasteiger partial charge in [-0.05, 0) is 44.9 Å². The monoisotopic (exact) mass is 1250 g/mol. The highest BCUT2D eigenvalue weighted by molar-refractivity contribution is 7.47. The maximum Gasteiger partial charge on any atom is 0.472 e. The number of rotatable bonds is 73. The Kier molecular flexibility index (Phi) is 67.7. The molecule has 0 saturated carbocycles. The van der Waals surface area contributed by atoms with Crippen molar-refractivity contribution < 1.29 is 42.1 Å². The highest BCUT2D eigenvalue weighted by atomic mass is 31.2. The van der Waals surface area contributed by atoms with Crippen molar-refractivity contribution in [2.75, 3.05) is 47.5 Å². The molecular formula is C77H151NO8P+.